The second-order valence-electron chi connectivity index (χ2n) is 8.10. The molecule has 0 aliphatic carbocycles. The van der Waals surface area contributed by atoms with E-state index in [1.165, 1.54) is 21.1 Å². The molecule has 4 N–H and O–H groups in total. The van der Waals surface area contributed by atoms with Crippen LogP contribution < -0.4 is 21.5 Å². The van der Waals surface area contributed by atoms with Gasteiger partial charge in [-0.15, -0.1) is 0 Å². The van der Waals surface area contributed by atoms with E-state index in [0.717, 1.165) is 5.69 Å². The summed E-state index contributed by atoms with van der Waals surface area (Å²) in [6.45, 7) is 0.278. The van der Waals surface area contributed by atoms with E-state index in [1.54, 1.807) is 25.2 Å². The molecule has 33 heavy (non-hydrogen) atoms. The number of hydrogen-bond acceptors (Lipinski definition) is 6. The van der Waals surface area contributed by atoms with Gasteiger partial charge in [0, 0.05) is 57.6 Å². The van der Waals surface area contributed by atoms with Gasteiger partial charge in [0.2, 0.25) is 15.9 Å². The van der Waals surface area contributed by atoms with Gasteiger partial charge in [-0.25, -0.2) is 8.42 Å². The highest BCUT2D eigenvalue weighted by Crippen LogP contribution is 2.25. The summed E-state index contributed by atoms with van der Waals surface area (Å²) in [6, 6.07) is 8.21. The second kappa shape index (κ2) is 9.63. The van der Waals surface area contributed by atoms with Crippen molar-refractivity contribution < 1.29 is 22.8 Å². The number of primary amides is 1. The molecule has 1 aliphatic heterocycles. The first-order valence-corrected chi connectivity index (χ1v) is 11.8. The fraction of sp³-hybridized carbons (Fsp3) is 0.381. The number of amides is 3. The number of piperidine rings is 1. The van der Waals surface area contributed by atoms with Crippen LogP contribution in [0, 0.1) is 5.92 Å². The van der Waals surface area contributed by atoms with Gasteiger partial charge in [0.1, 0.15) is 10.6 Å². The standard InChI is InChI=1S/C21H28N6O5S/c1-25(2)16-6-4-5-15(11-16)21(30)24-23-20(29)14-7-9-27(10-8-14)33(31,32)17-12-18(19(22)28)26(3)13-17/h4-6,11-14H,7-10H2,1-3H3,(H2,22,28)(H,23,29)(H,24,30). The van der Waals surface area contributed by atoms with Crippen molar-refractivity contribution in [3.8, 4) is 0 Å². The molecule has 0 bridgehead atoms. The number of nitrogens with zero attached hydrogens (tertiary/aromatic N) is 3. The summed E-state index contributed by atoms with van der Waals surface area (Å²) >= 11 is 0. The van der Waals surface area contributed by atoms with Crippen molar-refractivity contribution >= 4 is 33.4 Å². The van der Waals surface area contributed by atoms with E-state index in [0.29, 0.717) is 18.4 Å². The summed E-state index contributed by atoms with van der Waals surface area (Å²) < 4.78 is 28.4. The minimum Gasteiger partial charge on any atom is -0.378 e. The van der Waals surface area contributed by atoms with Crippen LogP contribution in [0.5, 0.6) is 0 Å². The number of nitrogens with one attached hydrogen (secondary N) is 2. The average Bonchev–Trinajstić information content (AvgIpc) is 3.20. The normalized spacial score (nSPS) is 15.1. The third-order valence-corrected chi connectivity index (χ3v) is 7.48. The number of rotatable bonds is 6. The maximum atomic E-state index is 12.9. The van der Waals surface area contributed by atoms with E-state index >= 15 is 0 Å². The Bertz CT molecular complexity index is 1170. The summed E-state index contributed by atoms with van der Waals surface area (Å²) in [7, 11) is 1.44. The van der Waals surface area contributed by atoms with Crippen molar-refractivity contribution in [3.63, 3.8) is 0 Å². The summed E-state index contributed by atoms with van der Waals surface area (Å²) in [5, 5.41) is 0. The predicted molar refractivity (Wildman–Crippen MR) is 122 cm³/mol. The van der Waals surface area contributed by atoms with Gasteiger partial charge in [-0.1, -0.05) is 6.07 Å². The first-order chi connectivity index (χ1) is 15.5. The number of carbonyl (C=O) groups excluding carboxylic acids is 3. The summed E-state index contributed by atoms with van der Waals surface area (Å²) in [5.41, 5.74) is 11.5. The molecule has 11 nitrogen and oxygen atoms in total. The Hall–Kier alpha value is -3.38. The number of sulfonamides is 1. The smallest absolute Gasteiger partial charge is 0.269 e. The number of aromatic nitrogens is 1. The summed E-state index contributed by atoms with van der Waals surface area (Å²) in [6.07, 6.45) is 1.94. The average molecular weight is 477 g/mol. The van der Waals surface area contributed by atoms with E-state index in [-0.39, 0.29) is 29.6 Å². The van der Waals surface area contributed by atoms with Crippen LogP contribution in [0.25, 0.3) is 0 Å². The number of anilines is 1. The highest BCUT2D eigenvalue weighted by molar-refractivity contribution is 7.89. The van der Waals surface area contributed by atoms with Gasteiger partial charge in [-0.3, -0.25) is 25.2 Å². The van der Waals surface area contributed by atoms with Crippen molar-refractivity contribution in [1.29, 1.82) is 0 Å². The molecule has 1 saturated heterocycles. The third-order valence-electron chi connectivity index (χ3n) is 5.62. The van der Waals surface area contributed by atoms with Crippen molar-refractivity contribution in [3.05, 3.63) is 47.8 Å². The molecule has 0 unspecified atom stereocenters. The Morgan fingerprint density at radius 2 is 1.76 bits per heavy atom. The van der Waals surface area contributed by atoms with E-state index < -0.39 is 27.8 Å². The lowest BCUT2D eigenvalue weighted by atomic mass is 9.98. The lowest BCUT2D eigenvalue weighted by Gasteiger charge is -2.30. The van der Waals surface area contributed by atoms with Crippen LogP contribution in [0.1, 0.15) is 33.7 Å². The maximum absolute atomic E-state index is 12.9. The van der Waals surface area contributed by atoms with Crippen LogP contribution in [0.15, 0.2) is 41.4 Å². The monoisotopic (exact) mass is 476 g/mol. The SMILES string of the molecule is CN(C)c1cccc(C(=O)NNC(=O)C2CCN(S(=O)(=O)c3cc(C(N)=O)n(C)c3)CC2)c1. The van der Waals surface area contributed by atoms with Gasteiger partial charge >= 0.3 is 0 Å². The third kappa shape index (κ3) is 5.34. The first kappa shape index (κ1) is 24.3. The molecule has 1 aromatic carbocycles. The van der Waals surface area contributed by atoms with Gasteiger partial charge in [-0.05, 0) is 37.1 Å². The van der Waals surface area contributed by atoms with Gasteiger partial charge in [0.05, 0.1) is 0 Å². The van der Waals surface area contributed by atoms with Crippen LogP contribution in [-0.2, 0) is 21.9 Å². The Labute approximate surface area is 192 Å². The molecule has 1 aliphatic rings. The topological polar surface area (TPSA) is 147 Å². The van der Waals surface area contributed by atoms with Crippen LogP contribution in [0.4, 0.5) is 5.69 Å². The molecule has 0 radical (unpaired) electrons. The second-order valence-corrected chi connectivity index (χ2v) is 10.0. The number of hydrazine groups is 1. The van der Waals surface area contributed by atoms with Crippen molar-refractivity contribution in [2.45, 2.75) is 17.7 Å². The van der Waals surface area contributed by atoms with E-state index in [1.807, 2.05) is 25.1 Å². The molecule has 3 rings (SSSR count). The molecule has 2 heterocycles. The Morgan fingerprint density at radius 1 is 1.09 bits per heavy atom. The molecule has 2 aromatic rings. The van der Waals surface area contributed by atoms with E-state index in [4.69, 9.17) is 5.73 Å². The molecule has 12 heteroatoms. The molecular formula is C21H28N6O5S. The molecule has 0 spiro atoms. The van der Waals surface area contributed by atoms with E-state index in [9.17, 15) is 22.8 Å². The quantitative estimate of drug-likeness (QED) is 0.502. The lowest BCUT2D eigenvalue weighted by Crippen LogP contribution is -2.48. The number of benzene rings is 1. The predicted octanol–water partition coefficient (Wildman–Crippen LogP) is 0.0519. The Kier molecular flexibility index (Phi) is 7.08. The van der Waals surface area contributed by atoms with Crippen LogP contribution in [0.3, 0.4) is 0 Å². The van der Waals surface area contributed by atoms with Crippen LogP contribution in [-0.4, -0.2) is 62.2 Å². The largest absolute Gasteiger partial charge is 0.378 e. The number of nitrogens with two attached hydrogens (primary N) is 1. The zero-order valence-electron chi connectivity index (χ0n) is 18.7. The molecule has 178 valence electrons. The van der Waals surface area contributed by atoms with Gasteiger partial charge in [0.25, 0.3) is 11.8 Å². The zero-order chi connectivity index (χ0) is 24.3. The lowest BCUT2D eigenvalue weighted by molar-refractivity contribution is -0.126. The van der Waals surface area contributed by atoms with E-state index in [2.05, 4.69) is 10.9 Å². The van der Waals surface area contributed by atoms with Gasteiger partial charge in [0.15, 0.2) is 0 Å². The Morgan fingerprint density at radius 3 is 2.33 bits per heavy atom. The molecule has 1 fully saturated rings. The fourth-order valence-electron chi connectivity index (χ4n) is 3.65. The minimum atomic E-state index is -3.82. The highest BCUT2D eigenvalue weighted by Gasteiger charge is 2.33. The maximum Gasteiger partial charge on any atom is 0.269 e. The minimum absolute atomic E-state index is 0.0195. The zero-order valence-corrected chi connectivity index (χ0v) is 19.6. The number of aryl methyl sites for hydroxylation is 1. The summed E-state index contributed by atoms with van der Waals surface area (Å²) in [4.78, 5) is 38.1. The number of hydrogen-bond donors (Lipinski definition) is 3. The van der Waals surface area contributed by atoms with Crippen molar-refractivity contribution in [2.75, 3.05) is 32.1 Å². The van der Waals surface area contributed by atoms with Crippen molar-refractivity contribution in [1.82, 2.24) is 19.7 Å². The number of carbonyl (C=O) groups is 3. The fourth-order valence-corrected chi connectivity index (χ4v) is 5.19. The molecule has 0 atom stereocenters. The van der Waals surface area contributed by atoms with Crippen LogP contribution in [0.2, 0.25) is 0 Å². The molecule has 3 amide bonds. The molecule has 0 saturated carbocycles. The Balaban J connectivity index is 1.55. The molecular weight excluding hydrogens is 448 g/mol. The van der Waals surface area contributed by atoms with Crippen LogP contribution >= 0.6 is 0 Å². The first-order valence-electron chi connectivity index (χ1n) is 10.3. The molecule has 1 aromatic heterocycles. The van der Waals surface area contributed by atoms with Gasteiger partial charge < -0.3 is 15.2 Å². The van der Waals surface area contributed by atoms with Crippen molar-refractivity contribution in [2.24, 2.45) is 18.7 Å². The summed E-state index contributed by atoms with van der Waals surface area (Å²) in [5.74, 6) is -1.98. The van der Waals surface area contributed by atoms with Gasteiger partial charge in [-0.2, -0.15) is 4.31 Å². The highest BCUT2D eigenvalue weighted by atomic mass is 32.2.